The lowest BCUT2D eigenvalue weighted by Gasteiger charge is -1.88. The molecule has 0 atom stereocenters. The van der Waals surface area contributed by atoms with Crippen LogP contribution in [0.4, 0.5) is 0 Å². The van der Waals surface area contributed by atoms with E-state index < -0.39 is 0 Å². The molecule has 0 aromatic carbocycles. The Morgan fingerprint density at radius 1 is 1.46 bits per heavy atom. The Kier molecular flexibility index (Phi) is 2.14. The summed E-state index contributed by atoms with van der Waals surface area (Å²) in [6.07, 6.45) is 3.55. The molecule has 68 valence electrons. The van der Waals surface area contributed by atoms with Gasteiger partial charge in [0.15, 0.2) is 0 Å². The number of aryl methyl sites for hydroxylation is 1. The number of aromatic hydroxyl groups is 1. The van der Waals surface area contributed by atoms with Crippen molar-refractivity contribution in [1.82, 2.24) is 9.97 Å². The Balaban J connectivity index is 2.55. The van der Waals surface area contributed by atoms with Crippen molar-refractivity contribution in [2.24, 2.45) is 0 Å². The zero-order valence-electron chi connectivity index (χ0n) is 7.32. The highest BCUT2D eigenvalue weighted by Crippen LogP contribution is 2.28. The maximum atomic E-state index is 9.41. The van der Waals surface area contributed by atoms with Crippen molar-refractivity contribution in [1.29, 1.82) is 0 Å². The second-order valence-corrected chi connectivity index (χ2v) is 3.99. The largest absolute Gasteiger partial charge is 0.493 e. The fraction of sp³-hybridized carbons (Fsp3) is 0.333. The molecular formula is C9H10N2OS. The van der Waals surface area contributed by atoms with Crippen LogP contribution in [-0.4, -0.2) is 15.1 Å². The number of aromatic nitrogens is 2. The molecule has 3 nitrogen and oxygen atoms in total. The summed E-state index contributed by atoms with van der Waals surface area (Å²) in [7, 11) is 0. The summed E-state index contributed by atoms with van der Waals surface area (Å²) in [6, 6.07) is 1.97. The molecule has 2 aromatic rings. The number of fused-ring (bicyclic) bond motifs is 1. The zero-order valence-corrected chi connectivity index (χ0v) is 8.14. The van der Waals surface area contributed by atoms with E-state index in [2.05, 4.69) is 16.9 Å². The smallest absolute Gasteiger partial charge is 0.222 e. The van der Waals surface area contributed by atoms with Crippen LogP contribution >= 0.6 is 11.3 Å². The molecule has 0 unspecified atom stereocenters. The average molecular weight is 194 g/mol. The second-order valence-electron chi connectivity index (χ2n) is 2.88. The number of rotatable bonds is 2. The van der Waals surface area contributed by atoms with Crippen LogP contribution in [0.3, 0.4) is 0 Å². The van der Waals surface area contributed by atoms with Gasteiger partial charge < -0.3 is 5.11 Å². The summed E-state index contributed by atoms with van der Waals surface area (Å²) in [5, 5.41) is 10.2. The monoisotopic (exact) mass is 194 g/mol. The van der Waals surface area contributed by atoms with E-state index in [9.17, 15) is 5.11 Å². The summed E-state index contributed by atoms with van der Waals surface area (Å²) in [5.74, 6) is 0.0867. The third kappa shape index (κ3) is 1.49. The quantitative estimate of drug-likeness (QED) is 0.798. The molecular weight excluding hydrogens is 184 g/mol. The number of nitrogens with zero attached hydrogens (tertiary/aromatic N) is 2. The van der Waals surface area contributed by atoms with Gasteiger partial charge in [-0.2, -0.15) is 0 Å². The van der Waals surface area contributed by atoms with Gasteiger partial charge in [-0.15, -0.1) is 11.3 Å². The predicted molar refractivity (Wildman–Crippen MR) is 53.1 cm³/mol. The molecule has 2 heterocycles. The molecule has 1 N–H and O–H groups in total. The van der Waals surface area contributed by atoms with Crippen LogP contribution in [0.5, 0.6) is 5.88 Å². The lowest BCUT2D eigenvalue weighted by Crippen LogP contribution is -1.76. The van der Waals surface area contributed by atoms with Crippen molar-refractivity contribution in [3.8, 4) is 5.88 Å². The van der Waals surface area contributed by atoms with Crippen molar-refractivity contribution in [3.05, 3.63) is 17.3 Å². The van der Waals surface area contributed by atoms with E-state index in [0.717, 1.165) is 23.1 Å². The van der Waals surface area contributed by atoms with Gasteiger partial charge in [-0.3, -0.25) is 0 Å². The molecule has 2 rings (SSSR count). The van der Waals surface area contributed by atoms with Crippen molar-refractivity contribution < 1.29 is 5.11 Å². The highest BCUT2D eigenvalue weighted by molar-refractivity contribution is 7.18. The summed E-state index contributed by atoms with van der Waals surface area (Å²) in [4.78, 5) is 9.95. The first-order chi connectivity index (χ1) is 6.31. The van der Waals surface area contributed by atoms with Crippen LogP contribution in [-0.2, 0) is 6.42 Å². The molecule has 0 amide bonds. The van der Waals surface area contributed by atoms with Crippen LogP contribution in [0.15, 0.2) is 12.4 Å². The second kappa shape index (κ2) is 3.30. The molecule has 0 aliphatic rings. The Labute approximate surface area is 80.1 Å². The summed E-state index contributed by atoms with van der Waals surface area (Å²) in [6.45, 7) is 2.13. The highest BCUT2D eigenvalue weighted by atomic mass is 32.1. The summed E-state index contributed by atoms with van der Waals surface area (Å²) < 4.78 is 0. The Bertz CT molecular complexity index is 424. The Morgan fingerprint density at radius 3 is 3.00 bits per heavy atom. The standard InChI is InChI=1S/C9H10N2OS/c1-2-3-6-4-7-8(12)10-5-11-9(7)13-6/h4-5H,2-3H2,1H3,(H,10,11,12). The minimum Gasteiger partial charge on any atom is -0.493 e. The first-order valence-electron chi connectivity index (χ1n) is 4.23. The van der Waals surface area contributed by atoms with Crippen molar-refractivity contribution in [2.45, 2.75) is 19.8 Å². The van der Waals surface area contributed by atoms with Crippen molar-refractivity contribution >= 4 is 21.6 Å². The minimum absolute atomic E-state index is 0.0867. The van der Waals surface area contributed by atoms with Gasteiger partial charge in [0.25, 0.3) is 0 Å². The number of thiophene rings is 1. The third-order valence-corrected chi connectivity index (χ3v) is 2.96. The first kappa shape index (κ1) is 8.44. The predicted octanol–water partition coefficient (Wildman–Crippen LogP) is 2.35. The molecule has 4 heteroatoms. The Morgan fingerprint density at radius 2 is 2.31 bits per heavy atom. The van der Waals surface area contributed by atoms with Gasteiger partial charge in [0, 0.05) is 4.88 Å². The van der Waals surface area contributed by atoms with Crippen LogP contribution in [0, 0.1) is 0 Å². The molecule has 0 aliphatic heterocycles. The van der Waals surface area contributed by atoms with Crippen LogP contribution in [0.2, 0.25) is 0 Å². The van der Waals surface area contributed by atoms with Crippen LogP contribution < -0.4 is 0 Å². The summed E-state index contributed by atoms with van der Waals surface area (Å²) >= 11 is 1.62. The minimum atomic E-state index is 0.0867. The molecule has 0 saturated carbocycles. The van der Waals surface area contributed by atoms with Gasteiger partial charge in [0.2, 0.25) is 5.88 Å². The van der Waals surface area contributed by atoms with E-state index in [1.807, 2.05) is 6.07 Å². The van der Waals surface area contributed by atoms with E-state index in [0.29, 0.717) is 0 Å². The van der Waals surface area contributed by atoms with E-state index in [4.69, 9.17) is 0 Å². The molecule has 0 radical (unpaired) electrons. The number of hydrogen-bond acceptors (Lipinski definition) is 4. The van der Waals surface area contributed by atoms with Crippen molar-refractivity contribution in [2.75, 3.05) is 0 Å². The normalized spacial score (nSPS) is 10.8. The van der Waals surface area contributed by atoms with Gasteiger partial charge in [-0.25, -0.2) is 9.97 Å². The van der Waals surface area contributed by atoms with Crippen LogP contribution in [0.25, 0.3) is 10.2 Å². The number of hydrogen-bond donors (Lipinski definition) is 1. The van der Waals surface area contributed by atoms with E-state index in [1.54, 1.807) is 11.3 Å². The fourth-order valence-corrected chi connectivity index (χ4v) is 2.35. The molecule has 0 aliphatic carbocycles. The molecule has 13 heavy (non-hydrogen) atoms. The Hall–Kier alpha value is -1.16. The van der Waals surface area contributed by atoms with Gasteiger partial charge in [-0.05, 0) is 12.5 Å². The highest BCUT2D eigenvalue weighted by Gasteiger charge is 2.06. The maximum Gasteiger partial charge on any atom is 0.222 e. The van der Waals surface area contributed by atoms with Gasteiger partial charge >= 0.3 is 0 Å². The zero-order chi connectivity index (χ0) is 9.26. The van der Waals surface area contributed by atoms with Gasteiger partial charge in [0.05, 0.1) is 5.39 Å². The molecule has 0 spiro atoms. The molecule has 0 saturated heterocycles. The van der Waals surface area contributed by atoms with E-state index in [1.165, 1.54) is 11.2 Å². The van der Waals surface area contributed by atoms with Crippen LogP contribution in [0.1, 0.15) is 18.2 Å². The first-order valence-corrected chi connectivity index (χ1v) is 5.05. The third-order valence-electron chi connectivity index (χ3n) is 1.86. The average Bonchev–Trinajstić information content (AvgIpc) is 2.49. The van der Waals surface area contributed by atoms with Crippen molar-refractivity contribution in [3.63, 3.8) is 0 Å². The SMILES string of the molecule is CCCc1cc2c(O)ncnc2s1. The van der Waals surface area contributed by atoms with E-state index >= 15 is 0 Å². The van der Waals surface area contributed by atoms with Gasteiger partial charge in [0.1, 0.15) is 11.2 Å². The van der Waals surface area contributed by atoms with E-state index in [-0.39, 0.29) is 5.88 Å². The lowest BCUT2D eigenvalue weighted by atomic mass is 10.2. The summed E-state index contributed by atoms with van der Waals surface area (Å²) in [5.41, 5.74) is 0. The van der Waals surface area contributed by atoms with Gasteiger partial charge in [-0.1, -0.05) is 13.3 Å². The fourth-order valence-electron chi connectivity index (χ4n) is 1.26. The topological polar surface area (TPSA) is 46.0 Å². The molecule has 2 aromatic heterocycles. The maximum absolute atomic E-state index is 9.41. The molecule has 0 fully saturated rings. The lowest BCUT2D eigenvalue weighted by molar-refractivity contribution is 0.459. The molecule has 0 bridgehead atoms.